The van der Waals surface area contributed by atoms with E-state index in [2.05, 4.69) is 332 Å². The maximum atomic E-state index is 7.30. The second kappa shape index (κ2) is 20.0. The predicted molar refractivity (Wildman–Crippen MR) is 366 cm³/mol. The molecule has 0 amide bonds. The van der Waals surface area contributed by atoms with Crippen LogP contribution < -0.4 is 30.5 Å². The molecule has 0 radical (unpaired) electrons. The molecule has 0 spiro atoms. The Kier molecular flexibility index (Phi) is 12.3. The second-order valence-electron chi connectivity index (χ2n) is 26.1. The van der Waals surface area contributed by atoms with Crippen molar-refractivity contribution in [2.75, 3.05) is 9.80 Å². The molecule has 0 saturated carbocycles. The van der Waals surface area contributed by atoms with Crippen molar-refractivity contribution in [1.29, 1.82) is 0 Å². The minimum atomic E-state index is -2.85. The molecule has 14 aromatic rings. The minimum Gasteiger partial charge on any atom is -0.454 e. The lowest BCUT2D eigenvalue weighted by molar-refractivity contribution is 0.590. The summed E-state index contributed by atoms with van der Waals surface area (Å²) < 4.78 is 14.1. The first-order valence-electron chi connectivity index (χ1n) is 30.2. The van der Waals surface area contributed by atoms with E-state index in [-0.39, 0.29) is 10.8 Å². The topological polar surface area (TPSA) is 32.8 Å². The monoisotopic (exact) mass is 1130 g/mol. The van der Waals surface area contributed by atoms with Crippen LogP contribution in [-0.4, -0.2) is 8.07 Å². The first-order valence-corrected chi connectivity index (χ1v) is 32.2. The van der Waals surface area contributed by atoms with Gasteiger partial charge in [0, 0.05) is 49.4 Å². The number of para-hydroxylation sites is 3. The van der Waals surface area contributed by atoms with E-state index in [1.807, 2.05) is 0 Å². The molecule has 4 nitrogen and oxygen atoms in total. The van der Waals surface area contributed by atoms with Gasteiger partial charge < -0.3 is 18.6 Å². The van der Waals surface area contributed by atoms with E-state index < -0.39 is 13.5 Å². The van der Waals surface area contributed by atoms with Crippen molar-refractivity contribution in [1.82, 2.24) is 0 Å². The largest absolute Gasteiger partial charge is 0.454 e. The molecule has 1 aliphatic carbocycles. The van der Waals surface area contributed by atoms with Crippen molar-refractivity contribution in [2.24, 2.45) is 0 Å². The molecular weight excluding hydrogens is 1060 g/mol. The maximum Gasteiger partial charge on any atom is 0.179 e. The smallest absolute Gasteiger partial charge is 0.179 e. The summed E-state index contributed by atoms with van der Waals surface area (Å²) in [5.41, 5.74) is 16.9. The summed E-state index contributed by atoms with van der Waals surface area (Å²) in [6.45, 7) is 18.5. The third-order valence-electron chi connectivity index (χ3n) is 18.5. The highest BCUT2D eigenvalue weighted by Crippen LogP contribution is 2.57. The van der Waals surface area contributed by atoms with Crippen LogP contribution in [0.15, 0.2) is 276 Å². The highest BCUT2D eigenvalue weighted by Gasteiger charge is 2.43. The Hall–Kier alpha value is -9.68. The molecule has 86 heavy (non-hydrogen) atoms. The molecule has 418 valence electrons. The number of fused-ring (bicyclic) bond motifs is 11. The normalized spacial score (nSPS) is 13.2. The fourth-order valence-corrected chi connectivity index (χ4v) is 18.9. The number of rotatable bonds is 10. The Labute approximate surface area is 505 Å². The molecule has 5 heteroatoms. The van der Waals surface area contributed by atoms with E-state index in [0.717, 1.165) is 83.4 Å². The zero-order chi connectivity index (χ0) is 58.7. The number of hydrogen-bond donors (Lipinski definition) is 0. The Balaban J connectivity index is 0.924. The summed E-state index contributed by atoms with van der Waals surface area (Å²) in [6, 6.07) is 99.1. The van der Waals surface area contributed by atoms with Crippen molar-refractivity contribution in [3.8, 4) is 11.1 Å². The van der Waals surface area contributed by atoms with Gasteiger partial charge in [-0.05, 0) is 137 Å². The molecular formula is C81H68N2O2Si. The van der Waals surface area contributed by atoms with E-state index >= 15 is 0 Å². The van der Waals surface area contributed by atoms with Crippen LogP contribution in [-0.2, 0) is 16.2 Å². The van der Waals surface area contributed by atoms with E-state index in [0.29, 0.717) is 0 Å². The molecule has 0 N–H and O–H groups in total. The van der Waals surface area contributed by atoms with Crippen LogP contribution in [0.1, 0.15) is 77.6 Å². The number of furan rings is 2. The van der Waals surface area contributed by atoms with Gasteiger partial charge in [-0.15, -0.1) is 0 Å². The number of hydrogen-bond acceptors (Lipinski definition) is 4. The minimum absolute atomic E-state index is 0.00453. The molecule has 0 fully saturated rings. The number of anilines is 6. The van der Waals surface area contributed by atoms with Gasteiger partial charge in [0.05, 0.1) is 17.1 Å². The van der Waals surface area contributed by atoms with Gasteiger partial charge in [-0.1, -0.05) is 256 Å². The Morgan fingerprint density at radius 2 is 0.779 bits per heavy atom. The van der Waals surface area contributed by atoms with E-state index in [1.54, 1.807) is 0 Å². The van der Waals surface area contributed by atoms with Crippen LogP contribution in [0.3, 0.4) is 0 Å². The van der Waals surface area contributed by atoms with Crippen molar-refractivity contribution in [3.05, 3.63) is 289 Å². The third kappa shape index (κ3) is 8.38. The lowest BCUT2D eigenvalue weighted by Crippen LogP contribution is -2.74. The highest BCUT2D eigenvalue weighted by molar-refractivity contribution is 7.20. The van der Waals surface area contributed by atoms with Crippen LogP contribution >= 0.6 is 0 Å². The zero-order valence-corrected chi connectivity index (χ0v) is 51.1. The van der Waals surface area contributed by atoms with Gasteiger partial charge in [-0.25, -0.2) is 0 Å². The van der Waals surface area contributed by atoms with Crippen LogP contribution in [0.5, 0.6) is 0 Å². The van der Waals surface area contributed by atoms with Gasteiger partial charge in [0.2, 0.25) is 0 Å². The highest BCUT2D eigenvalue weighted by atomic mass is 28.3. The van der Waals surface area contributed by atoms with Crippen molar-refractivity contribution < 1.29 is 8.83 Å². The summed E-state index contributed by atoms with van der Waals surface area (Å²) >= 11 is 0. The number of benzene rings is 12. The molecule has 0 aliphatic heterocycles. The van der Waals surface area contributed by atoms with Crippen LogP contribution in [0.2, 0.25) is 0 Å². The molecule has 0 unspecified atom stereocenters. The molecule has 2 heterocycles. The Morgan fingerprint density at radius 3 is 1.34 bits per heavy atom. The SMILES string of the molecule is CC(C)(C)c1ccc(N(c2ccc3c(c2)C(C)(C)c2cc(N(c4ccc(C(C)(C)C)cc4)c4cccc5c4oc4ccc([Si](c6ccccc6)(c6ccccc6)c6ccccc6)cc45)c4ccccc4c2-3)c2cccc3c2oc2ccccc23)cc1. The van der Waals surface area contributed by atoms with Gasteiger partial charge in [0.25, 0.3) is 0 Å². The molecule has 0 saturated heterocycles. The van der Waals surface area contributed by atoms with Gasteiger partial charge in [-0.2, -0.15) is 0 Å². The fourth-order valence-electron chi connectivity index (χ4n) is 14.1. The van der Waals surface area contributed by atoms with Gasteiger partial charge in [-0.3, -0.25) is 0 Å². The molecule has 15 rings (SSSR count). The van der Waals surface area contributed by atoms with Crippen LogP contribution in [0.4, 0.5) is 34.1 Å². The lowest BCUT2D eigenvalue weighted by atomic mass is 9.81. The Bertz CT molecular complexity index is 4810. The quantitative estimate of drug-likeness (QED) is 0.101. The summed E-state index contributed by atoms with van der Waals surface area (Å²) in [5.74, 6) is 0. The first kappa shape index (κ1) is 53.1. The van der Waals surface area contributed by atoms with E-state index in [1.165, 1.54) is 59.5 Å². The first-order chi connectivity index (χ1) is 41.7. The fraction of sp³-hybridized carbons (Fsp3) is 0.136. The molecule has 1 aliphatic rings. The van der Waals surface area contributed by atoms with Crippen molar-refractivity contribution >= 4 is 118 Å². The van der Waals surface area contributed by atoms with Gasteiger partial charge >= 0.3 is 0 Å². The van der Waals surface area contributed by atoms with Crippen molar-refractivity contribution in [3.63, 3.8) is 0 Å². The Morgan fingerprint density at radius 1 is 0.326 bits per heavy atom. The van der Waals surface area contributed by atoms with E-state index in [9.17, 15) is 0 Å². The van der Waals surface area contributed by atoms with Gasteiger partial charge in [0.1, 0.15) is 11.2 Å². The summed E-state index contributed by atoms with van der Waals surface area (Å²) in [5, 5.41) is 12.1. The summed E-state index contributed by atoms with van der Waals surface area (Å²) in [7, 11) is -2.85. The standard InChI is InChI=1S/C81H68N2O2Si/c1-79(2,3)53-38-42-55(43-39-53)82(71-35-22-33-65-63-31-20-21-37-74(63)84-77(65)71)57-46-48-67-69(50-57)81(7,8)70-52-73(62-30-18-19-32-64(62)76(67)70)83(56-44-40-54(41-45-56)80(4,5)6)72-36-23-34-66-68-51-61(47-49-75(68)85-78(66)72)86(58-24-12-9-13-25-58,59-26-14-10-15-27-59)60-28-16-11-17-29-60/h9-52H,1-8H3. The van der Waals surface area contributed by atoms with E-state index in [4.69, 9.17) is 8.83 Å². The number of nitrogens with zero attached hydrogens (tertiary/aromatic N) is 2. The summed E-state index contributed by atoms with van der Waals surface area (Å²) in [6.07, 6.45) is 0. The second-order valence-corrected chi connectivity index (χ2v) is 29.9. The molecule has 0 bridgehead atoms. The average Bonchev–Trinajstić information content (AvgIpc) is 1.84. The maximum absolute atomic E-state index is 7.30. The molecule has 2 aromatic heterocycles. The lowest BCUT2D eigenvalue weighted by Gasteiger charge is -2.34. The summed E-state index contributed by atoms with van der Waals surface area (Å²) in [4.78, 5) is 4.87. The molecule has 12 aromatic carbocycles. The van der Waals surface area contributed by atoms with Gasteiger partial charge in [0.15, 0.2) is 19.2 Å². The molecule has 0 atom stereocenters. The predicted octanol–water partition coefficient (Wildman–Crippen LogP) is 19.9. The van der Waals surface area contributed by atoms with Crippen LogP contribution in [0, 0.1) is 0 Å². The average molecular weight is 1130 g/mol. The van der Waals surface area contributed by atoms with Crippen molar-refractivity contribution in [2.45, 2.75) is 71.6 Å². The third-order valence-corrected chi connectivity index (χ3v) is 23.3. The van der Waals surface area contributed by atoms with Crippen LogP contribution in [0.25, 0.3) is 65.8 Å². The zero-order valence-electron chi connectivity index (χ0n) is 50.1.